The highest BCUT2D eigenvalue weighted by Gasteiger charge is 2.44. The number of allylic oxidation sites excluding steroid dienone is 3. The second kappa shape index (κ2) is 29.6. The van der Waals surface area contributed by atoms with Crippen LogP contribution in [0.1, 0.15) is 155 Å². The molecule has 0 saturated carbocycles. The van der Waals surface area contributed by atoms with E-state index >= 15 is 0 Å². The number of aliphatic hydroxyl groups is 5. The first-order chi connectivity index (χ1) is 22.8. The standard InChI is InChI=1S/C38H71NO8/c1-3-5-7-9-11-13-14-15-16-17-18-20-21-23-25-27-32(41)31(30-46-38-37(45)36(44)35(43)33(29-40)47-38)39-34(42)28-26-24-22-19-12-10-8-6-4-2/h18,20,25,27,31-33,35-38,40-41,43-45H,3-17,19,21-24,26,28-30H2,1-2H3,(H,39,42)/b20-18+,27-25+. The van der Waals surface area contributed by atoms with E-state index in [1.807, 2.05) is 6.08 Å². The normalized spacial score (nSPS) is 23.1. The summed E-state index contributed by atoms with van der Waals surface area (Å²) in [7, 11) is 0. The van der Waals surface area contributed by atoms with E-state index in [2.05, 4.69) is 31.3 Å². The molecule has 276 valence electrons. The number of unbranched alkanes of at least 4 members (excludes halogenated alkanes) is 18. The van der Waals surface area contributed by atoms with Crippen LogP contribution >= 0.6 is 0 Å². The quantitative estimate of drug-likeness (QED) is 0.0381. The number of aliphatic hydroxyl groups excluding tert-OH is 5. The van der Waals surface area contributed by atoms with Gasteiger partial charge >= 0.3 is 0 Å². The van der Waals surface area contributed by atoms with Crippen molar-refractivity contribution in [1.29, 1.82) is 0 Å². The molecule has 1 aliphatic rings. The monoisotopic (exact) mass is 670 g/mol. The topological polar surface area (TPSA) is 149 Å². The molecule has 0 aromatic heterocycles. The molecule has 6 N–H and O–H groups in total. The van der Waals surface area contributed by atoms with Crippen molar-refractivity contribution in [2.24, 2.45) is 0 Å². The molecule has 1 fully saturated rings. The Bertz CT molecular complexity index is 792. The highest BCUT2D eigenvalue weighted by atomic mass is 16.7. The average molecular weight is 670 g/mol. The van der Waals surface area contributed by atoms with E-state index in [1.54, 1.807) is 6.08 Å². The third kappa shape index (κ3) is 21.4. The zero-order valence-electron chi connectivity index (χ0n) is 29.8. The van der Waals surface area contributed by atoms with Crippen LogP contribution < -0.4 is 5.32 Å². The van der Waals surface area contributed by atoms with Crippen LogP contribution in [0.25, 0.3) is 0 Å². The largest absolute Gasteiger partial charge is 0.394 e. The van der Waals surface area contributed by atoms with Gasteiger partial charge in [0, 0.05) is 6.42 Å². The Kier molecular flexibility index (Phi) is 27.5. The fourth-order valence-corrected chi connectivity index (χ4v) is 5.88. The number of ether oxygens (including phenoxy) is 2. The highest BCUT2D eigenvalue weighted by Crippen LogP contribution is 2.22. The summed E-state index contributed by atoms with van der Waals surface area (Å²) in [4.78, 5) is 12.8. The van der Waals surface area contributed by atoms with Gasteiger partial charge in [-0.25, -0.2) is 0 Å². The van der Waals surface area contributed by atoms with E-state index in [0.29, 0.717) is 6.42 Å². The smallest absolute Gasteiger partial charge is 0.220 e. The van der Waals surface area contributed by atoms with Crippen molar-refractivity contribution in [2.75, 3.05) is 13.2 Å². The first-order valence-corrected chi connectivity index (χ1v) is 19.1. The molecule has 0 bridgehead atoms. The Morgan fingerprint density at radius 3 is 1.79 bits per heavy atom. The average Bonchev–Trinajstić information content (AvgIpc) is 3.07. The summed E-state index contributed by atoms with van der Waals surface area (Å²) in [5, 5.41) is 53.8. The lowest BCUT2D eigenvalue weighted by Gasteiger charge is -2.40. The van der Waals surface area contributed by atoms with Crippen molar-refractivity contribution >= 4 is 5.91 Å². The number of nitrogens with one attached hydrogen (secondary N) is 1. The van der Waals surface area contributed by atoms with Crippen LogP contribution in [0.2, 0.25) is 0 Å². The van der Waals surface area contributed by atoms with Crippen LogP contribution in [0.5, 0.6) is 0 Å². The zero-order valence-corrected chi connectivity index (χ0v) is 29.8. The van der Waals surface area contributed by atoms with Gasteiger partial charge in [-0.05, 0) is 32.1 Å². The van der Waals surface area contributed by atoms with Gasteiger partial charge in [-0.15, -0.1) is 0 Å². The number of hydrogen-bond acceptors (Lipinski definition) is 8. The minimum Gasteiger partial charge on any atom is -0.394 e. The first-order valence-electron chi connectivity index (χ1n) is 19.1. The van der Waals surface area contributed by atoms with Gasteiger partial charge < -0.3 is 40.3 Å². The van der Waals surface area contributed by atoms with Gasteiger partial charge in [0.2, 0.25) is 5.91 Å². The van der Waals surface area contributed by atoms with Gasteiger partial charge in [0.25, 0.3) is 0 Å². The van der Waals surface area contributed by atoms with Crippen molar-refractivity contribution in [2.45, 2.75) is 198 Å². The molecule has 1 amide bonds. The minimum atomic E-state index is -1.57. The summed E-state index contributed by atoms with van der Waals surface area (Å²) >= 11 is 0. The van der Waals surface area contributed by atoms with Gasteiger partial charge in [-0.3, -0.25) is 4.79 Å². The summed E-state index contributed by atoms with van der Waals surface area (Å²) in [6.45, 7) is 3.70. The molecule has 7 unspecified atom stereocenters. The minimum absolute atomic E-state index is 0.192. The first kappa shape index (κ1) is 43.7. The fraction of sp³-hybridized carbons (Fsp3) is 0.868. The molecule has 0 aliphatic carbocycles. The molecular weight excluding hydrogens is 598 g/mol. The predicted octanol–water partition coefficient (Wildman–Crippen LogP) is 6.38. The second-order valence-corrected chi connectivity index (χ2v) is 13.4. The Hall–Kier alpha value is -1.33. The second-order valence-electron chi connectivity index (χ2n) is 13.4. The summed E-state index contributed by atoms with van der Waals surface area (Å²) in [6, 6.07) is -0.813. The van der Waals surface area contributed by atoms with Crippen LogP contribution in [0.3, 0.4) is 0 Å². The van der Waals surface area contributed by atoms with Crippen molar-refractivity contribution < 1.29 is 39.8 Å². The van der Waals surface area contributed by atoms with E-state index in [9.17, 15) is 30.3 Å². The third-order valence-corrected chi connectivity index (χ3v) is 9.03. The molecule has 1 saturated heterocycles. The zero-order chi connectivity index (χ0) is 34.5. The van der Waals surface area contributed by atoms with E-state index in [0.717, 1.165) is 38.5 Å². The van der Waals surface area contributed by atoms with Gasteiger partial charge in [-0.1, -0.05) is 141 Å². The fourth-order valence-electron chi connectivity index (χ4n) is 5.88. The Labute approximate surface area is 286 Å². The summed E-state index contributed by atoms with van der Waals surface area (Å²) in [6.07, 6.45) is 25.1. The van der Waals surface area contributed by atoms with Crippen LogP contribution in [-0.2, 0) is 14.3 Å². The molecule has 1 heterocycles. The summed E-state index contributed by atoms with van der Waals surface area (Å²) in [5.41, 5.74) is 0. The van der Waals surface area contributed by atoms with E-state index in [4.69, 9.17) is 9.47 Å². The van der Waals surface area contributed by atoms with E-state index in [-0.39, 0.29) is 12.5 Å². The van der Waals surface area contributed by atoms with Gasteiger partial charge in [0.1, 0.15) is 24.4 Å². The van der Waals surface area contributed by atoms with Crippen molar-refractivity contribution in [1.82, 2.24) is 5.32 Å². The van der Waals surface area contributed by atoms with Crippen LogP contribution in [0, 0.1) is 0 Å². The maximum absolute atomic E-state index is 12.8. The van der Waals surface area contributed by atoms with Gasteiger partial charge in [-0.2, -0.15) is 0 Å². The molecule has 7 atom stereocenters. The van der Waals surface area contributed by atoms with E-state index in [1.165, 1.54) is 96.3 Å². The lowest BCUT2D eigenvalue weighted by molar-refractivity contribution is -0.302. The molecule has 9 heteroatoms. The Morgan fingerprint density at radius 1 is 0.702 bits per heavy atom. The van der Waals surface area contributed by atoms with Crippen LogP contribution in [0.15, 0.2) is 24.3 Å². The maximum Gasteiger partial charge on any atom is 0.220 e. The summed E-state index contributed by atoms with van der Waals surface area (Å²) in [5.74, 6) is -0.192. The SMILES string of the molecule is CCCCCCCCCCC/C=C/CC/C=C/C(O)C(COC1OC(CO)C(O)C(O)C1O)NC(=O)CCCCCCCCCCC. The Balaban J connectivity index is 2.49. The highest BCUT2D eigenvalue weighted by molar-refractivity contribution is 5.76. The van der Waals surface area contributed by atoms with Crippen molar-refractivity contribution in [3.8, 4) is 0 Å². The molecule has 1 rings (SSSR count). The molecule has 0 spiro atoms. The van der Waals surface area contributed by atoms with Crippen LogP contribution in [0.4, 0.5) is 0 Å². The third-order valence-electron chi connectivity index (χ3n) is 9.03. The number of carbonyl (C=O) groups is 1. The van der Waals surface area contributed by atoms with E-state index < -0.39 is 49.5 Å². The molecule has 1 aliphatic heterocycles. The van der Waals surface area contributed by atoms with Crippen molar-refractivity contribution in [3.05, 3.63) is 24.3 Å². The molecule has 9 nitrogen and oxygen atoms in total. The molecule has 0 aromatic carbocycles. The molecular formula is C38H71NO8. The molecule has 0 aromatic rings. The van der Waals surface area contributed by atoms with Crippen LogP contribution in [-0.4, -0.2) is 87.5 Å². The molecule has 0 radical (unpaired) electrons. The molecule has 47 heavy (non-hydrogen) atoms. The number of amides is 1. The lowest BCUT2D eigenvalue weighted by Crippen LogP contribution is -2.60. The lowest BCUT2D eigenvalue weighted by atomic mass is 9.99. The number of carbonyl (C=O) groups excluding carboxylic acids is 1. The Morgan fingerprint density at radius 2 is 1.21 bits per heavy atom. The predicted molar refractivity (Wildman–Crippen MR) is 189 cm³/mol. The van der Waals surface area contributed by atoms with Gasteiger partial charge in [0.05, 0.1) is 25.4 Å². The number of hydrogen-bond donors (Lipinski definition) is 6. The van der Waals surface area contributed by atoms with Gasteiger partial charge in [0.15, 0.2) is 6.29 Å². The number of rotatable bonds is 30. The summed E-state index contributed by atoms with van der Waals surface area (Å²) < 4.78 is 11.1. The van der Waals surface area contributed by atoms with Crippen molar-refractivity contribution in [3.63, 3.8) is 0 Å². The maximum atomic E-state index is 12.8.